The molecular formula is C15H22NO3S. The maximum atomic E-state index is 11.4. The maximum absolute atomic E-state index is 11.4. The molecule has 20 heavy (non-hydrogen) atoms. The van der Waals surface area contributed by atoms with Crippen LogP contribution in [-0.2, 0) is 10.5 Å². The van der Waals surface area contributed by atoms with Crippen molar-refractivity contribution in [1.82, 2.24) is 5.32 Å². The molecule has 0 aliphatic rings. The number of benzene rings is 1. The lowest BCUT2D eigenvalue weighted by Gasteiger charge is -2.19. The molecule has 111 valence electrons. The molecule has 1 aromatic rings. The molecule has 1 N–H and O–H groups in total. The molecule has 1 aromatic carbocycles. The van der Waals surface area contributed by atoms with E-state index in [1.54, 1.807) is 25.4 Å². The molecule has 0 aliphatic carbocycles. The number of carbonyl (C=O) groups is 1. The fourth-order valence-electron chi connectivity index (χ4n) is 1.39. The summed E-state index contributed by atoms with van der Waals surface area (Å²) in [6.07, 6.45) is -0.414. The van der Waals surface area contributed by atoms with Gasteiger partial charge in [-0.3, -0.25) is 0 Å². The highest BCUT2D eigenvalue weighted by Gasteiger charge is 2.15. The molecule has 0 atom stereocenters. The van der Waals surface area contributed by atoms with Crippen LogP contribution >= 0.6 is 11.8 Å². The van der Waals surface area contributed by atoms with Crippen molar-refractivity contribution in [3.8, 4) is 5.75 Å². The molecule has 0 fully saturated rings. The van der Waals surface area contributed by atoms with Gasteiger partial charge in [-0.2, -0.15) is 11.8 Å². The predicted octanol–water partition coefficient (Wildman–Crippen LogP) is 3.61. The van der Waals surface area contributed by atoms with Gasteiger partial charge in [-0.25, -0.2) is 4.79 Å². The molecule has 4 nitrogen and oxygen atoms in total. The summed E-state index contributed by atoms with van der Waals surface area (Å²) in [5, 5.41) is 2.62. The second-order valence-electron chi connectivity index (χ2n) is 5.21. The van der Waals surface area contributed by atoms with Crippen LogP contribution in [0.2, 0.25) is 0 Å². The van der Waals surface area contributed by atoms with Crippen molar-refractivity contribution in [1.29, 1.82) is 0 Å². The normalized spacial score (nSPS) is 11.0. The number of carbonyl (C=O) groups excluding carboxylic acids is 1. The van der Waals surface area contributed by atoms with Gasteiger partial charge in [-0.05, 0) is 38.5 Å². The van der Waals surface area contributed by atoms with E-state index in [2.05, 4.69) is 5.32 Å². The van der Waals surface area contributed by atoms with Crippen LogP contribution < -0.4 is 10.1 Å². The number of alkyl carbamates (subject to hydrolysis) is 1. The average molecular weight is 296 g/mol. The molecule has 1 rings (SSSR count). The van der Waals surface area contributed by atoms with Crippen molar-refractivity contribution in [2.24, 2.45) is 0 Å². The molecule has 0 unspecified atom stereocenters. The van der Waals surface area contributed by atoms with Gasteiger partial charge in [-0.1, -0.05) is 12.1 Å². The number of ether oxygens (including phenoxy) is 2. The quantitative estimate of drug-likeness (QED) is 0.815. The molecular weight excluding hydrogens is 274 g/mol. The fourth-order valence-corrected chi connectivity index (χ4v) is 2.14. The number of methoxy groups -OCH3 is 1. The van der Waals surface area contributed by atoms with Crippen LogP contribution in [0.5, 0.6) is 5.75 Å². The van der Waals surface area contributed by atoms with E-state index in [0.29, 0.717) is 0 Å². The van der Waals surface area contributed by atoms with Crippen LogP contribution in [-0.4, -0.2) is 24.6 Å². The Hall–Kier alpha value is -1.36. The SMILES string of the molecule is COc1ccc(CSC[CH]NC(=O)OC(C)(C)C)cc1. The zero-order chi connectivity index (χ0) is 15.0. The first kappa shape index (κ1) is 16.7. The highest BCUT2D eigenvalue weighted by Crippen LogP contribution is 2.16. The van der Waals surface area contributed by atoms with Crippen molar-refractivity contribution in [3.63, 3.8) is 0 Å². The van der Waals surface area contributed by atoms with Crippen molar-refractivity contribution in [2.75, 3.05) is 12.9 Å². The summed E-state index contributed by atoms with van der Waals surface area (Å²) in [7, 11) is 1.65. The first-order chi connectivity index (χ1) is 9.40. The minimum atomic E-state index is -0.464. The van der Waals surface area contributed by atoms with Crippen LogP contribution in [0.4, 0.5) is 4.79 Å². The third kappa shape index (κ3) is 7.28. The van der Waals surface area contributed by atoms with Gasteiger partial charge in [0.1, 0.15) is 11.4 Å². The fraction of sp³-hybridized carbons (Fsp3) is 0.467. The highest BCUT2D eigenvalue weighted by molar-refractivity contribution is 7.98. The van der Waals surface area contributed by atoms with Crippen LogP contribution in [0.25, 0.3) is 0 Å². The Morgan fingerprint density at radius 1 is 1.30 bits per heavy atom. The van der Waals surface area contributed by atoms with E-state index in [0.717, 1.165) is 17.3 Å². The summed E-state index contributed by atoms with van der Waals surface area (Å²) in [4.78, 5) is 11.4. The maximum Gasteiger partial charge on any atom is 0.407 e. The van der Waals surface area contributed by atoms with Gasteiger partial charge in [0, 0.05) is 11.5 Å². The summed E-state index contributed by atoms with van der Waals surface area (Å²) in [5.74, 6) is 2.47. The van der Waals surface area contributed by atoms with Gasteiger partial charge < -0.3 is 14.8 Å². The minimum absolute atomic E-state index is 0.414. The lowest BCUT2D eigenvalue weighted by Crippen LogP contribution is -2.31. The van der Waals surface area contributed by atoms with Gasteiger partial charge >= 0.3 is 6.09 Å². The van der Waals surface area contributed by atoms with Crippen LogP contribution in [0, 0.1) is 6.54 Å². The Morgan fingerprint density at radius 3 is 2.50 bits per heavy atom. The Labute approximate surface area is 125 Å². The van der Waals surface area contributed by atoms with Gasteiger partial charge in [0.15, 0.2) is 0 Å². The number of nitrogens with one attached hydrogen (secondary N) is 1. The highest BCUT2D eigenvalue weighted by atomic mass is 32.2. The van der Waals surface area contributed by atoms with E-state index < -0.39 is 11.7 Å². The van der Waals surface area contributed by atoms with E-state index in [1.807, 2.05) is 45.0 Å². The summed E-state index contributed by atoms with van der Waals surface area (Å²) in [5.41, 5.74) is 0.759. The van der Waals surface area contributed by atoms with Gasteiger partial charge in [0.25, 0.3) is 0 Å². The topological polar surface area (TPSA) is 47.6 Å². The molecule has 0 saturated heterocycles. The average Bonchev–Trinajstić information content (AvgIpc) is 2.37. The largest absolute Gasteiger partial charge is 0.497 e. The lowest BCUT2D eigenvalue weighted by atomic mass is 10.2. The van der Waals surface area contributed by atoms with Crippen molar-refractivity contribution < 1.29 is 14.3 Å². The molecule has 1 amide bonds. The summed E-state index contributed by atoms with van der Waals surface area (Å²) in [6.45, 7) is 7.23. The summed E-state index contributed by atoms with van der Waals surface area (Å²) in [6, 6.07) is 7.96. The Kier molecular flexibility index (Phi) is 6.71. The predicted molar refractivity (Wildman–Crippen MR) is 82.8 cm³/mol. The number of amides is 1. The van der Waals surface area contributed by atoms with Crippen molar-refractivity contribution in [3.05, 3.63) is 36.4 Å². The Balaban J connectivity index is 2.14. The van der Waals surface area contributed by atoms with Crippen molar-refractivity contribution in [2.45, 2.75) is 32.1 Å². The van der Waals surface area contributed by atoms with Crippen LogP contribution in [0.3, 0.4) is 0 Å². The number of hydrogen-bond acceptors (Lipinski definition) is 4. The molecule has 5 heteroatoms. The number of thioether (sulfide) groups is 1. The number of rotatable bonds is 6. The van der Waals surface area contributed by atoms with E-state index in [4.69, 9.17) is 9.47 Å². The zero-order valence-electron chi connectivity index (χ0n) is 12.4. The van der Waals surface area contributed by atoms with E-state index in [1.165, 1.54) is 5.56 Å². The molecule has 0 saturated carbocycles. The van der Waals surface area contributed by atoms with Gasteiger partial charge in [-0.15, -0.1) is 0 Å². The molecule has 0 spiro atoms. The van der Waals surface area contributed by atoms with Gasteiger partial charge in [0.05, 0.1) is 13.7 Å². The van der Waals surface area contributed by atoms with E-state index in [9.17, 15) is 4.79 Å². The van der Waals surface area contributed by atoms with Crippen LogP contribution in [0.15, 0.2) is 24.3 Å². The molecule has 0 aromatic heterocycles. The summed E-state index contributed by atoms with van der Waals surface area (Å²) >= 11 is 1.71. The first-order valence-corrected chi connectivity index (χ1v) is 7.58. The zero-order valence-corrected chi connectivity index (χ0v) is 13.3. The second kappa shape index (κ2) is 8.04. The molecule has 1 radical (unpaired) electrons. The van der Waals surface area contributed by atoms with Crippen LogP contribution in [0.1, 0.15) is 26.3 Å². The smallest absolute Gasteiger partial charge is 0.407 e. The number of hydrogen-bond donors (Lipinski definition) is 1. The minimum Gasteiger partial charge on any atom is -0.497 e. The Bertz CT molecular complexity index is 412. The van der Waals surface area contributed by atoms with Gasteiger partial charge in [0.2, 0.25) is 0 Å². The second-order valence-corrected chi connectivity index (χ2v) is 6.24. The standard InChI is InChI=1S/C15H22NO3S/c1-15(2,3)19-14(17)16-9-10-20-11-12-5-7-13(18-4)8-6-12/h5-9H,10-11H2,1-4H3,(H,16,17). The van der Waals surface area contributed by atoms with E-state index >= 15 is 0 Å². The summed E-state index contributed by atoms with van der Waals surface area (Å²) < 4.78 is 10.2. The third-order valence-corrected chi connectivity index (χ3v) is 3.19. The van der Waals surface area contributed by atoms with Crippen molar-refractivity contribution >= 4 is 17.9 Å². The van der Waals surface area contributed by atoms with E-state index in [-0.39, 0.29) is 0 Å². The molecule has 0 heterocycles. The molecule has 0 aliphatic heterocycles. The first-order valence-electron chi connectivity index (χ1n) is 6.42. The third-order valence-electron chi connectivity index (χ3n) is 2.25. The molecule has 0 bridgehead atoms. The lowest BCUT2D eigenvalue weighted by molar-refractivity contribution is 0.0544. The monoisotopic (exact) mass is 296 g/mol. The Morgan fingerprint density at radius 2 is 1.95 bits per heavy atom.